The van der Waals surface area contributed by atoms with Crippen molar-refractivity contribution in [1.82, 2.24) is 4.98 Å². The quantitative estimate of drug-likeness (QED) is 0.661. The molecule has 0 spiro atoms. The molecule has 0 aliphatic heterocycles. The van der Waals surface area contributed by atoms with E-state index in [4.69, 9.17) is 4.74 Å². The second-order valence-corrected chi connectivity index (χ2v) is 3.38. The van der Waals surface area contributed by atoms with E-state index in [9.17, 15) is 4.79 Å². The molecule has 0 radical (unpaired) electrons. The fourth-order valence-corrected chi connectivity index (χ4v) is 1.39. The molecule has 1 aliphatic rings. The average molecular weight is 177 g/mol. The van der Waals surface area contributed by atoms with Gasteiger partial charge in [0.2, 0.25) is 5.88 Å². The van der Waals surface area contributed by atoms with Crippen molar-refractivity contribution in [1.29, 1.82) is 0 Å². The van der Waals surface area contributed by atoms with Gasteiger partial charge in [-0.2, -0.15) is 0 Å². The molecule has 1 aromatic heterocycles. The first-order chi connectivity index (χ1) is 6.31. The first-order valence-corrected chi connectivity index (χ1v) is 4.38. The van der Waals surface area contributed by atoms with E-state index in [1.165, 1.54) is 18.4 Å². The Hall–Kier alpha value is -1.38. The van der Waals surface area contributed by atoms with Crippen molar-refractivity contribution in [3.8, 4) is 5.88 Å². The molecule has 0 N–H and O–H groups in total. The van der Waals surface area contributed by atoms with Crippen LogP contribution in [0.15, 0.2) is 12.3 Å². The van der Waals surface area contributed by atoms with Gasteiger partial charge >= 0.3 is 0 Å². The smallest absolute Gasteiger partial charge is 0.299 e. The van der Waals surface area contributed by atoms with Crippen LogP contribution in [0.4, 0.5) is 0 Å². The maximum absolute atomic E-state index is 10.1. The van der Waals surface area contributed by atoms with Gasteiger partial charge in [0.15, 0.2) is 0 Å². The molecule has 13 heavy (non-hydrogen) atoms. The van der Waals surface area contributed by atoms with Crippen LogP contribution in [0.2, 0.25) is 0 Å². The molecule has 3 heteroatoms. The third-order valence-electron chi connectivity index (χ3n) is 2.26. The van der Waals surface area contributed by atoms with Gasteiger partial charge in [0.05, 0.1) is 0 Å². The zero-order valence-corrected chi connectivity index (χ0v) is 7.49. The molecular weight excluding hydrogens is 166 g/mol. The molecule has 1 saturated carbocycles. The number of pyridine rings is 1. The largest absolute Gasteiger partial charge is 0.409 e. The van der Waals surface area contributed by atoms with Crippen molar-refractivity contribution in [2.45, 2.75) is 25.7 Å². The minimum atomic E-state index is 0.409. The zero-order valence-electron chi connectivity index (χ0n) is 7.49. The average Bonchev–Trinajstić information content (AvgIpc) is 2.91. The van der Waals surface area contributed by atoms with Crippen molar-refractivity contribution in [2.24, 2.45) is 0 Å². The monoisotopic (exact) mass is 177 g/mol. The SMILES string of the molecule is Cc1cc(C2CC2)cnc1OC=O. The number of carbonyl (C=O) groups excluding carboxylic acids is 1. The standard InChI is InChI=1S/C10H11NO2/c1-7-4-9(8-2-3-8)5-11-10(7)13-6-12/h4-6,8H,2-3H2,1H3. The lowest BCUT2D eigenvalue weighted by atomic mass is 10.1. The van der Waals surface area contributed by atoms with E-state index >= 15 is 0 Å². The maximum atomic E-state index is 10.1. The number of aromatic nitrogens is 1. The van der Waals surface area contributed by atoms with E-state index in [2.05, 4.69) is 4.98 Å². The number of carbonyl (C=O) groups is 1. The van der Waals surface area contributed by atoms with Crippen LogP contribution in [0.1, 0.15) is 29.9 Å². The lowest BCUT2D eigenvalue weighted by Crippen LogP contribution is -1.95. The highest BCUT2D eigenvalue weighted by molar-refractivity contribution is 5.45. The van der Waals surface area contributed by atoms with Gasteiger partial charge in [-0.3, -0.25) is 4.79 Å². The number of rotatable bonds is 3. The van der Waals surface area contributed by atoms with Crippen LogP contribution in [0.5, 0.6) is 5.88 Å². The second kappa shape index (κ2) is 3.17. The number of hydrogen-bond acceptors (Lipinski definition) is 3. The number of hydrogen-bond donors (Lipinski definition) is 0. The van der Waals surface area contributed by atoms with Crippen LogP contribution >= 0.6 is 0 Å². The minimum Gasteiger partial charge on any atom is -0.409 e. The van der Waals surface area contributed by atoms with Gasteiger partial charge in [0.25, 0.3) is 6.47 Å². The summed E-state index contributed by atoms with van der Waals surface area (Å²) in [5, 5.41) is 0. The van der Waals surface area contributed by atoms with Crippen LogP contribution < -0.4 is 4.74 Å². The molecule has 0 amide bonds. The van der Waals surface area contributed by atoms with Gasteiger partial charge in [-0.1, -0.05) is 0 Å². The summed E-state index contributed by atoms with van der Waals surface area (Å²) in [6.45, 7) is 2.31. The zero-order chi connectivity index (χ0) is 9.26. The van der Waals surface area contributed by atoms with Crippen LogP contribution in [0, 0.1) is 6.92 Å². The minimum absolute atomic E-state index is 0.409. The van der Waals surface area contributed by atoms with Crippen molar-refractivity contribution >= 4 is 6.47 Å². The molecule has 0 unspecified atom stereocenters. The Kier molecular flexibility index (Phi) is 2.00. The summed E-state index contributed by atoms with van der Waals surface area (Å²) in [4.78, 5) is 14.2. The number of nitrogens with zero attached hydrogens (tertiary/aromatic N) is 1. The Labute approximate surface area is 76.7 Å². The highest BCUT2D eigenvalue weighted by atomic mass is 16.5. The van der Waals surface area contributed by atoms with E-state index in [-0.39, 0.29) is 0 Å². The van der Waals surface area contributed by atoms with Crippen molar-refractivity contribution in [2.75, 3.05) is 0 Å². The molecule has 1 fully saturated rings. The fourth-order valence-electron chi connectivity index (χ4n) is 1.39. The van der Waals surface area contributed by atoms with E-state index in [0.717, 1.165) is 5.56 Å². The fraction of sp³-hybridized carbons (Fsp3) is 0.400. The van der Waals surface area contributed by atoms with Gasteiger partial charge in [-0.25, -0.2) is 4.98 Å². The van der Waals surface area contributed by atoms with Crippen molar-refractivity contribution in [3.63, 3.8) is 0 Å². The maximum Gasteiger partial charge on any atom is 0.299 e. The Morgan fingerprint density at radius 3 is 2.92 bits per heavy atom. The second-order valence-electron chi connectivity index (χ2n) is 3.38. The molecule has 2 rings (SSSR count). The summed E-state index contributed by atoms with van der Waals surface area (Å²) in [7, 11) is 0. The lowest BCUT2D eigenvalue weighted by molar-refractivity contribution is -0.121. The summed E-state index contributed by atoms with van der Waals surface area (Å²) in [5.41, 5.74) is 2.19. The molecule has 3 nitrogen and oxygen atoms in total. The summed E-state index contributed by atoms with van der Waals surface area (Å²) >= 11 is 0. The van der Waals surface area contributed by atoms with Gasteiger partial charge in [0, 0.05) is 11.8 Å². The predicted octanol–water partition coefficient (Wildman–Crippen LogP) is 1.80. The lowest BCUT2D eigenvalue weighted by Gasteiger charge is -2.03. The predicted molar refractivity (Wildman–Crippen MR) is 47.6 cm³/mol. The van der Waals surface area contributed by atoms with Gasteiger partial charge in [0.1, 0.15) is 0 Å². The molecule has 1 heterocycles. The third-order valence-corrected chi connectivity index (χ3v) is 2.26. The highest BCUT2D eigenvalue weighted by Gasteiger charge is 2.24. The first-order valence-electron chi connectivity index (χ1n) is 4.38. The number of ether oxygens (including phenoxy) is 1. The van der Waals surface area contributed by atoms with E-state index < -0.39 is 0 Å². The summed E-state index contributed by atoms with van der Waals surface area (Å²) in [5.74, 6) is 1.11. The summed E-state index contributed by atoms with van der Waals surface area (Å²) in [6.07, 6.45) is 4.31. The first kappa shape index (κ1) is 8.23. The Morgan fingerprint density at radius 2 is 2.38 bits per heavy atom. The Morgan fingerprint density at radius 1 is 1.62 bits per heavy atom. The normalized spacial score (nSPS) is 15.5. The van der Waals surface area contributed by atoms with E-state index in [1.54, 1.807) is 6.20 Å². The Balaban J connectivity index is 2.25. The molecule has 0 aromatic carbocycles. The van der Waals surface area contributed by atoms with Gasteiger partial charge in [-0.15, -0.1) is 0 Å². The summed E-state index contributed by atoms with van der Waals surface area (Å²) < 4.78 is 4.70. The van der Waals surface area contributed by atoms with Gasteiger partial charge < -0.3 is 4.74 Å². The molecule has 0 bridgehead atoms. The van der Waals surface area contributed by atoms with E-state index in [1.807, 2.05) is 13.0 Å². The van der Waals surface area contributed by atoms with Crippen LogP contribution in [0.25, 0.3) is 0 Å². The van der Waals surface area contributed by atoms with Crippen LogP contribution in [0.3, 0.4) is 0 Å². The molecular formula is C10H11NO2. The van der Waals surface area contributed by atoms with E-state index in [0.29, 0.717) is 18.3 Å². The van der Waals surface area contributed by atoms with Gasteiger partial charge in [-0.05, 0) is 37.3 Å². The third kappa shape index (κ3) is 1.69. The molecule has 0 saturated heterocycles. The molecule has 68 valence electrons. The summed E-state index contributed by atoms with van der Waals surface area (Å²) in [6, 6.07) is 2.05. The number of aryl methyl sites for hydroxylation is 1. The Bertz CT molecular complexity index is 332. The molecule has 1 aliphatic carbocycles. The topological polar surface area (TPSA) is 39.2 Å². The van der Waals surface area contributed by atoms with Crippen LogP contribution in [-0.4, -0.2) is 11.5 Å². The van der Waals surface area contributed by atoms with Crippen LogP contribution in [-0.2, 0) is 4.79 Å². The van der Waals surface area contributed by atoms with Crippen molar-refractivity contribution in [3.05, 3.63) is 23.4 Å². The van der Waals surface area contributed by atoms with Crippen molar-refractivity contribution < 1.29 is 9.53 Å². The molecule has 0 atom stereocenters. The highest BCUT2D eigenvalue weighted by Crippen LogP contribution is 2.40. The molecule has 1 aromatic rings.